The van der Waals surface area contributed by atoms with Gasteiger partial charge in [0.25, 0.3) is 0 Å². The lowest BCUT2D eigenvalue weighted by atomic mass is 10.0. The molecule has 36 heavy (non-hydrogen) atoms. The molecule has 0 saturated heterocycles. The second kappa shape index (κ2) is 9.24. The number of nitrogens with zero attached hydrogens (tertiary/aromatic N) is 2. The number of rotatable bonds is 7. The van der Waals surface area contributed by atoms with Crippen molar-refractivity contribution in [3.63, 3.8) is 0 Å². The van der Waals surface area contributed by atoms with Crippen molar-refractivity contribution in [2.24, 2.45) is 0 Å². The molecule has 180 valence electrons. The Labute approximate surface area is 220 Å². The molecule has 6 nitrogen and oxygen atoms in total. The Morgan fingerprint density at radius 3 is 2.47 bits per heavy atom. The van der Waals surface area contributed by atoms with Crippen molar-refractivity contribution in [3.8, 4) is 28.1 Å². The number of halogens is 2. The van der Waals surface area contributed by atoms with Crippen molar-refractivity contribution >= 4 is 50.8 Å². The molecule has 0 amide bonds. The molecule has 0 atom stereocenters. The van der Waals surface area contributed by atoms with Crippen molar-refractivity contribution in [3.05, 3.63) is 87.7 Å². The second-order valence-electron chi connectivity index (χ2n) is 8.61. The van der Waals surface area contributed by atoms with Gasteiger partial charge in [0.15, 0.2) is 5.69 Å². The molecule has 1 saturated carbocycles. The number of carbonyl (C=O) groups is 1. The lowest BCUT2D eigenvalue weighted by molar-refractivity contribution is 0.0694. The van der Waals surface area contributed by atoms with Crippen molar-refractivity contribution in [2.75, 3.05) is 0 Å². The monoisotopic (exact) mass is 536 g/mol. The number of hydrogen-bond acceptors (Lipinski definition) is 6. The fraction of sp³-hybridized carbons (Fsp3) is 0.148. The molecule has 0 radical (unpaired) electrons. The topological polar surface area (TPSA) is 85.5 Å². The van der Waals surface area contributed by atoms with E-state index in [1.807, 2.05) is 36.4 Å². The molecule has 1 N–H and O–H groups in total. The number of fused-ring (bicyclic) bond motifs is 1. The Bertz CT molecular complexity index is 1590. The smallest absolute Gasteiger partial charge is 0.356 e. The summed E-state index contributed by atoms with van der Waals surface area (Å²) in [5.41, 5.74) is 4.17. The lowest BCUT2D eigenvalue weighted by Gasteiger charge is -2.10. The van der Waals surface area contributed by atoms with Crippen molar-refractivity contribution in [2.45, 2.75) is 25.4 Å². The van der Waals surface area contributed by atoms with Crippen LogP contribution in [0.15, 0.2) is 65.2 Å². The molecule has 9 heteroatoms. The second-order valence-corrected chi connectivity index (χ2v) is 10.2. The van der Waals surface area contributed by atoms with Crippen LogP contribution in [-0.4, -0.2) is 20.6 Å². The number of benzene rings is 3. The van der Waals surface area contributed by atoms with Gasteiger partial charge in [-0.2, -0.15) is 4.37 Å². The van der Waals surface area contributed by atoms with Crippen molar-refractivity contribution in [1.29, 1.82) is 0 Å². The standard InChI is InChI=1S/C27H18Cl2N2O4S/c28-20-2-1-3-21(29)23(20)24-19(26(35-30-24)15-4-5-15)13-34-17-9-6-14(7-10-17)16-8-11-18-22(12-16)36-31-25(18)27(32)33/h1-3,6-12,15H,4-5,13H2,(H,32,33). The average molecular weight is 537 g/mol. The molecule has 1 aliphatic rings. The van der Waals surface area contributed by atoms with Crippen LogP contribution in [0.1, 0.15) is 40.6 Å². The van der Waals surface area contributed by atoms with E-state index < -0.39 is 5.97 Å². The number of carboxylic acids is 1. The molecule has 6 rings (SSSR count). The zero-order valence-corrected chi connectivity index (χ0v) is 21.0. The summed E-state index contributed by atoms with van der Waals surface area (Å²) in [6, 6.07) is 18.8. The third-order valence-corrected chi connectivity index (χ3v) is 7.65. The molecule has 1 fully saturated rings. The quantitative estimate of drug-likeness (QED) is 0.226. The maximum Gasteiger partial charge on any atom is 0.356 e. The summed E-state index contributed by atoms with van der Waals surface area (Å²) in [7, 11) is 0. The molecule has 3 aromatic carbocycles. The van der Waals surface area contributed by atoms with Gasteiger partial charge in [-0.25, -0.2) is 4.79 Å². The maximum absolute atomic E-state index is 11.3. The minimum atomic E-state index is -1.02. The zero-order chi connectivity index (χ0) is 24.8. The summed E-state index contributed by atoms with van der Waals surface area (Å²) in [5.74, 6) is 0.853. The Kier molecular flexibility index (Phi) is 5.91. The van der Waals surface area contributed by atoms with Gasteiger partial charge in [0.05, 0.1) is 20.3 Å². The van der Waals surface area contributed by atoms with E-state index >= 15 is 0 Å². The Morgan fingerprint density at radius 1 is 1.06 bits per heavy atom. The van der Waals surface area contributed by atoms with Crippen molar-refractivity contribution in [1.82, 2.24) is 9.53 Å². The van der Waals surface area contributed by atoms with Gasteiger partial charge in [-0.3, -0.25) is 0 Å². The normalized spacial score (nSPS) is 13.3. The van der Waals surface area contributed by atoms with Gasteiger partial charge >= 0.3 is 5.97 Å². The van der Waals surface area contributed by atoms with E-state index in [2.05, 4.69) is 9.53 Å². The van der Waals surface area contributed by atoms with Crippen LogP contribution in [-0.2, 0) is 6.61 Å². The lowest BCUT2D eigenvalue weighted by Crippen LogP contribution is -2.00. The third-order valence-electron chi connectivity index (χ3n) is 6.21. The molecule has 1 aliphatic carbocycles. The predicted octanol–water partition coefficient (Wildman–Crippen LogP) is 8.08. The van der Waals surface area contributed by atoms with Gasteiger partial charge in [0.2, 0.25) is 0 Å². The first-order valence-electron chi connectivity index (χ1n) is 11.3. The number of ether oxygens (including phenoxy) is 1. The van der Waals surface area contributed by atoms with Crippen LogP contribution in [0.5, 0.6) is 5.75 Å². The Morgan fingerprint density at radius 2 is 1.78 bits per heavy atom. The van der Waals surface area contributed by atoms with Crippen molar-refractivity contribution < 1.29 is 19.2 Å². The highest BCUT2D eigenvalue weighted by atomic mass is 35.5. The van der Waals surface area contributed by atoms with Gasteiger partial charge in [-0.05, 0) is 65.8 Å². The number of aromatic carboxylic acids is 1. The summed E-state index contributed by atoms with van der Waals surface area (Å²) in [6.07, 6.45) is 2.12. The summed E-state index contributed by atoms with van der Waals surface area (Å²) in [6.45, 7) is 0.274. The van der Waals surface area contributed by atoms with Crippen LogP contribution in [0.25, 0.3) is 32.5 Å². The number of aromatic nitrogens is 2. The maximum atomic E-state index is 11.3. The molecular formula is C27H18Cl2N2O4S. The van der Waals surface area contributed by atoms with E-state index in [-0.39, 0.29) is 12.3 Å². The van der Waals surface area contributed by atoms with E-state index in [1.54, 1.807) is 24.3 Å². The Balaban J connectivity index is 1.25. The number of hydrogen-bond donors (Lipinski definition) is 1. The van der Waals surface area contributed by atoms with E-state index in [4.69, 9.17) is 32.5 Å². The summed E-state index contributed by atoms with van der Waals surface area (Å²) in [5, 5.41) is 15.2. The first-order chi connectivity index (χ1) is 17.5. The third kappa shape index (κ3) is 4.23. The van der Waals surface area contributed by atoms with Crippen LogP contribution >= 0.6 is 34.7 Å². The largest absolute Gasteiger partial charge is 0.489 e. The van der Waals surface area contributed by atoms with E-state index in [0.29, 0.717) is 38.4 Å². The SMILES string of the molecule is O=C(O)c1nsc2cc(-c3ccc(OCc4c(-c5c(Cl)cccc5Cl)noc4C4CC4)cc3)ccc12. The molecule has 0 unspecified atom stereocenters. The van der Waals surface area contributed by atoms with E-state index in [1.165, 1.54) is 11.5 Å². The van der Waals surface area contributed by atoms with Crippen LogP contribution in [0, 0.1) is 0 Å². The highest BCUT2D eigenvalue weighted by molar-refractivity contribution is 7.13. The highest BCUT2D eigenvalue weighted by Gasteiger charge is 2.33. The summed E-state index contributed by atoms with van der Waals surface area (Å²) in [4.78, 5) is 11.3. The first kappa shape index (κ1) is 23.0. The van der Waals surface area contributed by atoms with Crippen LogP contribution < -0.4 is 4.74 Å². The summed E-state index contributed by atoms with van der Waals surface area (Å²) >= 11 is 14.1. The minimum Gasteiger partial charge on any atom is -0.489 e. The van der Waals surface area contributed by atoms with E-state index in [0.717, 1.165) is 40.0 Å². The van der Waals surface area contributed by atoms with Crippen LogP contribution in [0.2, 0.25) is 10.0 Å². The van der Waals surface area contributed by atoms with Gasteiger partial charge in [-0.15, -0.1) is 0 Å². The fourth-order valence-electron chi connectivity index (χ4n) is 4.22. The molecule has 2 aromatic heterocycles. The van der Waals surface area contributed by atoms with E-state index in [9.17, 15) is 9.90 Å². The van der Waals surface area contributed by atoms with Crippen LogP contribution in [0.3, 0.4) is 0 Å². The molecule has 2 heterocycles. The van der Waals surface area contributed by atoms with Gasteiger partial charge in [-0.1, -0.05) is 58.7 Å². The van der Waals surface area contributed by atoms with Gasteiger partial charge in [0.1, 0.15) is 23.8 Å². The molecule has 5 aromatic rings. The predicted molar refractivity (Wildman–Crippen MR) is 140 cm³/mol. The van der Waals surface area contributed by atoms with Gasteiger partial charge < -0.3 is 14.4 Å². The van der Waals surface area contributed by atoms with Crippen LogP contribution in [0.4, 0.5) is 0 Å². The average Bonchev–Trinajstić information content (AvgIpc) is 3.49. The molecule has 0 aliphatic heterocycles. The first-order valence-corrected chi connectivity index (χ1v) is 12.8. The fourth-order valence-corrected chi connectivity index (χ4v) is 5.60. The molecular weight excluding hydrogens is 519 g/mol. The number of carboxylic acid groups (broad SMARTS) is 1. The molecule has 0 bridgehead atoms. The summed E-state index contributed by atoms with van der Waals surface area (Å²) < 4.78 is 16.7. The zero-order valence-electron chi connectivity index (χ0n) is 18.7. The highest BCUT2D eigenvalue weighted by Crippen LogP contribution is 2.46. The molecule has 0 spiro atoms. The van der Waals surface area contributed by atoms with Gasteiger partial charge in [0, 0.05) is 16.9 Å². The Hall–Kier alpha value is -3.39. The minimum absolute atomic E-state index is 0.0852.